The molecule has 9 heteroatoms. The number of unbranched alkanes of at least 4 members (excludes halogenated alkanes) is 14. The lowest BCUT2D eigenvalue weighted by Crippen LogP contribution is -2.60. The molecule has 0 aromatic carbocycles. The van der Waals surface area contributed by atoms with E-state index in [0.29, 0.717) is 6.42 Å². The molecule has 1 aliphatic rings. The van der Waals surface area contributed by atoms with E-state index < -0.39 is 49.5 Å². The van der Waals surface area contributed by atoms with Crippen LogP contribution in [0.5, 0.6) is 0 Å². The second kappa shape index (κ2) is 48.9. The van der Waals surface area contributed by atoms with Crippen molar-refractivity contribution < 1.29 is 39.8 Å². The standard InChI is InChI=1S/C61H99NO8/c1-3-5-7-9-11-13-15-17-19-21-22-23-24-25-26-27-28-29-30-31-32-33-34-35-37-39-41-43-45-47-49-51-57(65)62-54(53-69-61-60(68)59(67)58(66)56(52-63)70-61)55(64)50-48-46-44-42-40-38-36-20-18-16-14-12-10-8-6-4-2/h5,7,11,13,17-20,22-23,25-26,28-29,31-32,34-35,40,42,48,50,54-56,58-61,63-64,66-68H,3-4,6,8-10,12,14-16,21,24,27,30,33,36-39,41,43-47,49,51-53H2,1-2H3,(H,62,65)/b7-5-,13-11-,19-17-,20-18+,23-22-,26-25-,29-28-,32-31-,35-34-,42-40+,50-48+. The third kappa shape index (κ3) is 38.1. The van der Waals surface area contributed by atoms with Crippen LogP contribution in [0.25, 0.3) is 0 Å². The molecule has 6 N–H and O–H groups in total. The molecule has 1 aliphatic heterocycles. The molecule has 0 aromatic heterocycles. The van der Waals surface area contributed by atoms with Gasteiger partial charge in [0, 0.05) is 6.42 Å². The van der Waals surface area contributed by atoms with Gasteiger partial charge in [0.15, 0.2) is 6.29 Å². The molecule has 0 radical (unpaired) electrons. The Hall–Kier alpha value is -3.67. The normalized spacial score (nSPS) is 20.5. The van der Waals surface area contributed by atoms with E-state index in [1.807, 2.05) is 6.08 Å². The molecule has 0 bridgehead atoms. The highest BCUT2D eigenvalue weighted by Crippen LogP contribution is 2.22. The smallest absolute Gasteiger partial charge is 0.220 e. The number of aliphatic hydroxyl groups excluding tert-OH is 5. The van der Waals surface area contributed by atoms with E-state index >= 15 is 0 Å². The molecular formula is C61H99NO8. The van der Waals surface area contributed by atoms with Gasteiger partial charge in [0.25, 0.3) is 0 Å². The Labute approximate surface area is 426 Å². The number of amides is 1. The molecule has 396 valence electrons. The first-order valence-electron chi connectivity index (χ1n) is 27.4. The summed E-state index contributed by atoms with van der Waals surface area (Å²) in [6, 6.07) is -0.846. The monoisotopic (exact) mass is 974 g/mol. The van der Waals surface area contributed by atoms with Gasteiger partial charge < -0.3 is 40.3 Å². The Kier molecular flexibility index (Phi) is 45.0. The number of ether oxygens (including phenoxy) is 2. The molecule has 1 fully saturated rings. The Balaban J connectivity index is 2.29. The number of aliphatic hydroxyl groups is 5. The summed E-state index contributed by atoms with van der Waals surface area (Å²) in [5.41, 5.74) is 0. The number of nitrogens with one attached hydrogen (secondary N) is 1. The highest BCUT2D eigenvalue weighted by atomic mass is 16.7. The van der Waals surface area contributed by atoms with Gasteiger partial charge in [0.2, 0.25) is 5.91 Å². The lowest BCUT2D eigenvalue weighted by atomic mass is 9.99. The Bertz CT molecular complexity index is 1550. The lowest BCUT2D eigenvalue weighted by Gasteiger charge is -2.40. The van der Waals surface area contributed by atoms with Gasteiger partial charge in [-0.25, -0.2) is 0 Å². The number of allylic oxidation sites excluding steroid dienone is 21. The van der Waals surface area contributed by atoms with E-state index in [0.717, 1.165) is 128 Å². The fourth-order valence-corrected chi connectivity index (χ4v) is 7.61. The van der Waals surface area contributed by atoms with Crippen molar-refractivity contribution in [1.29, 1.82) is 0 Å². The first-order valence-corrected chi connectivity index (χ1v) is 27.4. The van der Waals surface area contributed by atoms with Crippen LogP contribution in [0, 0.1) is 0 Å². The number of hydrogen-bond donors (Lipinski definition) is 6. The van der Waals surface area contributed by atoms with Gasteiger partial charge in [-0.1, -0.05) is 205 Å². The van der Waals surface area contributed by atoms with Crippen LogP contribution in [0.1, 0.15) is 187 Å². The van der Waals surface area contributed by atoms with E-state index in [-0.39, 0.29) is 12.5 Å². The number of carbonyl (C=O) groups excluding carboxylic acids is 1. The molecule has 0 saturated carbocycles. The minimum atomic E-state index is -1.59. The van der Waals surface area contributed by atoms with Crippen LogP contribution in [0.4, 0.5) is 0 Å². The van der Waals surface area contributed by atoms with Crippen molar-refractivity contribution in [3.8, 4) is 0 Å². The van der Waals surface area contributed by atoms with E-state index in [4.69, 9.17) is 9.47 Å². The minimum Gasteiger partial charge on any atom is -0.394 e. The van der Waals surface area contributed by atoms with Crippen molar-refractivity contribution in [1.82, 2.24) is 5.32 Å². The second-order valence-electron chi connectivity index (χ2n) is 18.3. The first kappa shape index (κ1) is 64.3. The summed E-state index contributed by atoms with van der Waals surface area (Å²) in [4.78, 5) is 13.0. The quantitative estimate of drug-likeness (QED) is 0.0261. The SMILES string of the molecule is CC/C=C\C/C=C\C/C=C\C/C=C\C/C=C\C/C=C\C/C=C\C/C=C\CCCCCCCCC(=O)NC(COC1OC(CO)C(O)C(O)C1O)C(O)/C=C/CC/C=C/CC/C=C/CCCCCCCC. The maximum Gasteiger partial charge on any atom is 0.220 e. The molecule has 70 heavy (non-hydrogen) atoms. The van der Waals surface area contributed by atoms with Gasteiger partial charge in [-0.2, -0.15) is 0 Å². The van der Waals surface area contributed by atoms with E-state index in [1.54, 1.807) is 6.08 Å². The largest absolute Gasteiger partial charge is 0.394 e. The lowest BCUT2D eigenvalue weighted by molar-refractivity contribution is -0.302. The minimum absolute atomic E-state index is 0.213. The van der Waals surface area contributed by atoms with Crippen LogP contribution in [0.3, 0.4) is 0 Å². The van der Waals surface area contributed by atoms with Gasteiger partial charge in [-0.15, -0.1) is 0 Å². The van der Waals surface area contributed by atoms with Crippen LogP contribution < -0.4 is 5.32 Å². The highest BCUT2D eigenvalue weighted by Gasteiger charge is 2.44. The summed E-state index contributed by atoms with van der Waals surface area (Å²) in [5.74, 6) is -0.213. The second-order valence-corrected chi connectivity index (χ2v) is 18.3. The zero-order chi connectivity index (χ0) is 50.8. The van der Waals surface area contributed by atoms with Crippen molar-refractivity contribution in [2.24, 2.45) is 0 Å². The van der Waals surface area contributed by atoms with Crippen molar-refractivity contribution in [3.63, 3.8) is 0 Å². The molecular weight excluding hydrogens is 875 g/mol. The number of rotatable bonds is 44. The van der Waals surface area contributed by atoms with Gasteiger partial charge in [-0.05, 0) is 109 Å². The molecule has 1 saturated heterocycles. The van der Waals surface area contributed by atoms with Crippen LogP contribution in [-0.2, 0) is 14.3 Å². The fourth-order valence-electron chi connectivity index (χ4n) is 7.61. The average molecular weight is 974 g/mol. The van der Waals surface area contributed by atoms with Crippen molar-refractivity contribution in [3.05, 3.63) is 134 Å². The van der Waals surface area contributed by atoms with Gasteiger partial charge in [0.05, 0.1) is 25.4 Å². The maximum atomic E-state index is 13.0. The Morgan fingerprint density at radius 2 is 0.900 bits per heavy atom. The molecule has 1 amide bonds. The Morgan fingerprint density at radius 3 is 1.37 bits per heavy atom. The van der Waals surface area contributed by atoms with Crippen LogP contribution >= 0.6 is 0 Å². The van der Waals surface area contributed by atoms with Crippen LogP contribution in [0.2, 0.25) is 0 Å². The maximum absolute atomic E-state index is 13.0. The zero-order valence-electron chi connectivity index (χ0n) is 43.7. The molecule has 7 atom stereocenters. The van der Waals surface area contributed by atoms with Crippen LogP contribution in [-0.4, -0.2) is 87.5 Å². The molecule has 0 aromatic rings. The van der Waals surface area contributed by atoms with Crippen LogP contribution in [0.15, 0.2) is 134 Å². The number of carbonyl (C=O) groups is 1. The van der Waals surface area contributed by atoms with Gasteiger partial charge >= 0.3 is 0 Å². The summed E-state index contributed by atoms with van der Waals surface area (Å²) in [5, 5.41) is 54.4. The fraction of sp³-hybridized carbons (Fsp3) is 0.623. The number of hydrogen-bond acceptors (Lipinski definition) is 8. The summed E-state index contributed by atoms with van der Waals surface area (Å²) in [7, 11) is 0. The first-order chi connectivity index (χ1) is 34.3. The summed E-state index contributed by atoms with van der Waals surface area (Å²) in [6.45, 7) is 3.60. The van der Waals surface area contributed by atoms with Gasteiger partial charge in [0.1, 0.15) is 24.4 Å². The third-order valence-corrected chi connectivity index (χ3v) is 11.9. The predicted octanol–water partition coefficient (Wildman–Crippen LogP) is 13.3. The summed E-state index contributed by atoms with van der Waals surface area (Å²) < 4.78 is 11.2. The van der Waals surface area contributed by atoms with Crippen molar-refractivity contribution in [2.45, 2.75) is 230 Å². The van der Waals surface area contributed by atoms with E-state index in [9.17, 15) is 30.3 Å². The van der Waals surface area contributed by atoms with E-state index in [2.05, 4.69) is 141 Å². The van der Waals surface area contributed by atoms with Crippen molar-refractivity contribution >= 4 is 5.91 Å². The average Bonchev–Trinajstić information content (AvgIpc) is 3.36. The summed E-state index contributed by atoms with van der Waals surface area (Å²) in [6.07, 6.45) is 67.9. The molecule has 1 rings (SSSR count). The molecule has 0 spiro atoms. The highest BCUT2D eigenvalue weighted by molar-refractivity contribution is 5.76. The molecule has 9 nitrogen and oxygen atoms in total. The van der Waals surface area contributed by atoms with E-state index in [1.165, 1.54) is 38.5 Å². The third-order valence-electron chi connectivity index (χ3n) is 11.9. The van der Waals surface area contributed by atoms with Crippen molar-refractivity contribution in [2.75, 3.05) is 13.2 Å². The summed E-state index contributed by atoms with van der Waals surface area (Å²) >= 11 is 0. The topological polar surface area (TPSA) is 149 Å². The molecule has 1 heterocycles. The van der Waals surface area contributed by atoms with Gasteiger partial charge in [-0.3, -0.25) is 4.79 Å². The molecule has 7 unspecified atom stereocenters. The zero-order valence-corrected chi connectivity index (χ0v) is 43.7. The predicted molar refractivity (Wildman–Crippen MR) is 294 cm³/mol. The molecule has 0 aliphatic carbocycles. The Morgan fingerprint density at radius 1 is 0.500 bits per heavy atom.